The number of rotatable bonds is 7. The first-order valence-electron chi connectivity index (χ1n) is 7.80. The Hall–Kier alpha value is -0.540. The van der Waals surface area contributed by atoms with Gasteiger partial charge in [-0.25, -0.2) is 0 Å². The van der Waals surface area contributed by atoms with E-state index in [-0.39, 0.29) is 30.1 Å². The molecule has 7 heteroatoms. The van der Waals surface area contributed by atoms with Gasteiger partial charge in [0, 0.05) is 17.6 Å². The Morgan fingerprint density at radius 3 is 2.78 bits per heavy atom. The molecule has 1 aromatic rings. The Morgan fingerprint density at radius 2 is 2.13 bits per heavy atom. The van der Waals surface area contributed by atoms with E-state index in [2.05, 4.69) is 38.5 Å². The summed E-state index contributed by atoms with van der Waals surface area (Å²) in [6.45, 7) is 5.76. The van der Waals surface area contributed by atoms with Crippen molar-refractivity contribution in [2.75, 3.05) is 32.8 Å². The van der Waals surface area contributed by atoms with Gasteiger partial charge in [0.15, 0.2) is 5.96 Å². The van der Waals surface area contributed by atoms with Crippen molar-refractivity contribution in [3.8, 4) is 5.75 Å². The number of halogens is 2. The van der Waals surface area contributed by atoms with Crippen LogP contribution in [0.25, 0.3) is 0 Å². The Balaban J connectivity index is 0.00000264. The van der Waals surface area contributed by atoms with Gasteiger partial charge in [0.25, 0.3) is 0 Å². The molecule has 1 atom stereocenters. The van der Waals surface area contributed by atoms with Crippen molar-refractivity contribution in [2.24, 2.45) is 4.99 Å². The van der Waals surface area contributed by atoms with Gasteiger partial charge >= 0.3 is 0 Å². The lowest BCUT2D eigenvalue weighted by molar-refractivity contribution is 0.117. The van der Waals surface area contributed by atoms with Gasteiger partial charge in [0.1, 0.15) is 12.4 Å². The Kier molecular flexibility index (Phi) is 10.6. The van der Waals surface area contributed by atoms with E-state index in [4.69, 9.17) is 9.47 Å². The van der Waals surface area contributed by atoms with Gasteiger partial charge < -0.3 is 20.1 Å². The van der Waals surface area contributed by atoms with Crippen molar-refractivity contribution < 1.29 is 9.47 Å². The minimum absolute atomic E-state index is 0. The molecule has 0 bridgehead atoms. The van der Waals surface area contributed by atoms with E-state index >= 15 is 0 Å². The molecule has 0 aromatic heterocycles. The summed E-state index contributed by atoms with van der Waals surface area (Å²) in [6.07, 6.45) is 2.52. The molecular formula is C16H25BrIN3O2. The minimum atomic E-state index is 0. The molecular weight excluding hydrogens is 473 g/mol. The number of benzene rings is 1. The molecule has 0 amide bonds. The first kappa shape index (κ1) is 20.5. The highest BCUT2D eigenvalue weighted by atomic mass is 127. The molecule has 5 nitrogen and oxygen atoms in total. The Bertz CT molecular complexity index is 465. The van der Waals surface area contributed by atoms with E-state index in [9.17, 15) is 0 Å². The second kappa shape index (κ2) is 11.9. The van der Waals surface area contributed by atoms with Gasteiger partial charge in [-0.3, -0.25) is 4.99 Å². The van der Waals surface area contributed by atoms with Crippen LogP contribution in [0.3, 0.4) is 0 Å². The largest absolute Gasteiger partial charge is 0.492 e. The highest BCUT2D eigenvalue weighted by molar-refractivity contribution is 14.0. The summed E-state index contributed by atoms with van der Waals surface area (Å²) >= 11 is 3.41. The minimum Gasteiger partial charge on any atom is -0.492 e. The van der Waals surface area contributed by atoms with Crippen molar-refractivity contribution in [2.45, 2.75) is 25.9 Å². The number of aliphatic imine (C=N–C) groups is 1. The maximum absolute atomic E-state index is 5.68. The first-order valence-corrected chi connectivity index (χ1v) is 8.59. The third-order valence-electron chi connectivity index (χ3n) is 3.30. The number of hydrogen-bond donors (Lipinski definition) is 2. The fraction of sp³-hybridized carbons (Fsp3) is 0.562. The molecule has 1 heterocycles. The lowest BCUT2D eigenvalue weighted by atomic mass is 10.2. The van der Waals surface area contributed by atoms with Crippen LogP contribution in [-0.2, 0) is 4.74 Å². The Morgan fingerprint density at radius 1 is 1.35 bits per heavy atom. The van der Waals surface area contributed by atoms with Crippen LogP contribution in [0.1, 0.15) is 19.8 Å². The van der Waals surface area contributed by atoms with Crippen LogP contribution >= 0.6 is 39.9 Å². The van der Waals surface area contributed by atoms with E-state index in [0.717, 1.165) is 42.2 Å². The number of guanidine groups is 1. The van der Waals surface area contributed by atoms with Crippen molar-refractivity contribution in [1.82, 2.24) is 10.6 Å². The summed E-state index contributed by atoms with van der Waals surface area (Å²) in [4.78, 5) is 4.56. The molecule has 1 saturated heterocycles. The fourth-order valence-electron chi connectivity index (χ4n) is 2.19. The molecule has 0 aliphatic carbocycles. The van der Waals surface area contributed by atoms with Gasteiger partial charge in [-0.2, -0.15) is 0 Å². The smallest absolute Gasteiger partial charge is 0.191 e. The zero-order valence-electron chi connectivity index (χ0n) is 13.4. The predicted octanol–water partition coefficient (Wildman–Crippen LogP) is 3.18. The van der Waals surface area contributed by atoms with Crippen molar-refractivity contribution in [1.29, 1.82) is 0 Å². The van der Waals surface area contributed by atoms with E-state index in [1.807, 2.05) is 24.3 Å². The lowest BCUT2D eigenvalue weighted by Gasteiger charge is -2.13. The topological polar surface area (TPSA) is 54.9 Å². The number of nitrogens with zero attached hydrogens (tertiary/aromatic N) is 1. The van der Waals surface area contributed by atoms with Crippen LogP contribution in [-0.4, -0.2) is 44.9 Å². The maximum atomic E-state index is 5.68. The third-order valence-corrected chi connectivity index (χ3v) is 3.83. The highest BCUT2D eigenvalue weighted by Crippen LogP contribution is 2.15. The van der Waals surface area contributed by atoms with Crippen LogP contribution in [0, 0.1) is 0 Å². The molecule has 0 spiro atoms. The van der Waals surface area contributed by atoms with Crippen molar-refractivity contribution >= 4 is 45.9 Å². The predicted molar refractivity (Wildman–Crippen MR) is 108 cm³/mol. The van der Waals surface area contributed by atoms with E-state index in [1.54, 1.807) is 0 Å². The lowest BCUT2D eigenvalue weighted by Crippen LogP contribution is -2.39. The number of hydrogen-bond acceptors (Lipinski definition) is 3. The molecule has 0 radical (unpaired) electrons. The summed E-state index contributed by atoms with van der Waals surface area (Å²) in [6, 6.07) is 7.83. The Labute approximate surface area is 163 Å². The molecule has 1 aliphatic rings. The molecule has 2 N–H and O–H groups in total. The summed E-state index contributed by atoms with van der Waals surface area (Å²) in [5, 5.41) is 6.51. The van der Waals surface area contributed by atoms with Gasteiger partial charge in [0.05, 0.1) is 19.2 Å². The zero-order valence-corrected chi connectivity index (χ0v) is 17.3. The highest BCUT2D eigenvalue weighted by Gasteiger charge is 2.14. The fourth-order valence-corrected chi connectivity index (χ4v) is 2.46. The average Bonchev–Trinajstić information content (AvgIpc) is 3.04. The number of ether oxygens (including phenoxy) is 2. The summed E-state index contributed by atoms with van der Waals surface area (Å²) in [5.74, 6) is 1.68. The second-order valence-electron chi connectivity index (χ2n) is 5.08. The van der Waals surface area contributed by atoms with Crippen LogP contribution < -0.4 is 15.4 Å². The average molecular weight is 498 g/mol. The molecule has 0 saturated carbocycles. The molecule has 130 valence electrons. The van der Waals surface area contributed by atoms with Crippen LogP contribution in [0.2, 0.25) is 0 Å². The molecule has 1 aromatic carbocycles. The van der Waals surface area contributed by atoms with E-state index in [1.165, 1.54) is 0 Å². The van der Waals surface area contributed by atoms with Gasteiger partial charge in [0.2, 0.25) is 0 Å². The van der Waals surface area contributed by atoms with Gasteiger partial charge in [-0.05, 0) is 44.0 Å². The third kappa shape index (κ3) is 8.21. The van der Waals surface area contributed by atoms with Gasteiger partial charge in [-0.1, -0.05) is 15.9 Å². The summed E-state index contributed by atoms with van der Waals surface area (Å²) in [7, 11) is 0. The molecule has 1 unspecified atom stereocenters. The second-order valence-corrected chi connectivity index (χ2v) is 6.00. The summed E-state index contributed by atoms with van der Waals surface area (Å²) < 4.78 is 12.3. The van der Waals surface area contributed by atoms with Crippen LogP contribution in [0.5, 0.6) is 5.75 Å². The molecule has 2 rings (SSSR count). The molecule has 23 heavy (non-hydrogen) atoms. The van der Waals surface area contributed by atoms with Crippen LogP contribution in [0.15, 0.2) is 33.7 Å². The van der Waals surface area contributed by atoms with Gasteiger partial charge in [-0.15, -0.1) is 24.0 Å². The first-order chi connectivity index (χ1) is 10.8. The summed E-state index contributed by atoms with van der Waals surface area (Å²) in [5.41, 5.74) is 0. The van der Waals surface area contributed by atoms with Crippen molar-refractivity contribution in [3.63, 3.8) is 0 Å². The normalized spacial score (nSPS) is 17.5. The molecule has 1 fully saturated rings. The maximum Gasteiger partial charge on any atom is 0.191 e. The SMILES string of the molecule is CCNC(=NCC1CCCO1)NCCOc1ccc(Br)cc1.I. The zero-order chi connectivity index (χ0) is 15.6. The standard InChI is InChI=1S/C16H24BrN3O2.HI/c1-2-18-16(20-12-15-4-3-10-21-15)19-9-11-22-14-7-5-13(17)6-8-14;/h5-8,15H,2-4,9-12H2,1H3,(H2,18,19,20);1H. The quantitative estimate of drug-likeness (QED) is 0.263. The monoisotopic (exact) mass is 497 g/mol. The molecule has 1 aliphatic heterocycles. The van der Waals surface area contributed by atoms with Crippen LogP contribution in [0.4, 0.5) is 0 Å². The van der Waals surface area contributed by atoms with E-state index in [0.29, 0.717) is 19.7 Å². The number of nitrogens with one attached hydrogen (secondary N) is 2. The van der Waals surface area contributed by atoms with E-state index < -0.39 is 0 Å². The van der Waals surface area contributed by atoms with Crippen molar-refractivity contribution in [3.05, 3.63) is 28.7 Å².